The molecular formula is C11H15N3O3S. The molecule has 0 saturated carbocycles. The predicted molar refractivity (Wildman–Crippen MR) is 68.5 cm³/mol. The van der Waals surface area contributed by atoms with E-state index in [4.69, 9.17) is 10.00 Å². The van der Waals surface area contributed by atoms with Gasteiger partial charge in [0.1, 0.15) is 17.5 Å². The Morgan fingerprint density at radius 2 is 2.06 bits per heavy atom. The zero-order valence-electron chi connectivity index (χ0n) is 10.4. The molecule has 0 atom stereocenters. The van der Waals surface area contributed by atoms with Crippen LogP contribution in [0.3, 0.4) is 0 Å². The van der Waals surface area contributed by atoms with Crippen molar-refractivity contribution in [2.45, 2.75) is 19.9 Å². The molecule has 0 aromatic heterocycles. The molecule has 0 unspecified atom stereocenters. The second kappa shape index (κ2) is 5.71. The number of nitriles is 1. The average Bonchev–Trinajstić information content (AvgIpc) is 2.27. The Bertz CT molecular complexity index is 561. The van der Waals surface area contributed by atoms with Gasteiger partial charge in [0.15, 0.2) is 0 Å². The molecule has 98 valence electrons. The van der Waals surface area contributed by atoms with E-state index < -0.39 is 10.2 Å². The van der Waals surface area contributed by atoms with Crippen LogP contribution in [0.4, 0.5) is 5.69 Å². The molecule has 1 aromatic carbocycles. The topological polar surface area (TPSA) is 91.2 Å². The first-order chi connectivity index (χ1) is 8.39. The van der Waals surface area contributed by atoms with Gasteiger partial charge in [-0.05, 0) is 26.0 Å². The summed E-state index contributed by atoms with van der Waals surface area (Å²) in [4.78, 5) is 0. The number of para-hydroxylation sites is 1. The number of benzene rings is 1. The van der Waals surface area contributed by atoms with Gasteiger partial charge in [0.2, 0.25) is 0 Å². The van der Waals surface area contributed by atoms with Gasteiger partial charge in [-0.2, -0.15) is 18.4 Å². The van der Waals surface area contributed by atoms with E-state index in [9.17, 15) is 8.42 Å². The average molecular weight is 269 g/mol. The molecule has 0 radical (unpaired) electrons. The van der Waals surface area contributed by atoms with E-state index in [1.807, 2.05) is 6.07 Å². The minimum Gasteiger partial charge on any atom is -0.495 e. The third-order valence-corrected chi connectivity index (χ3v) is 3.25. The van der Waals surface area contributed by atoms with Gasteiger partial charge in [-0.3, -0.25) is 4.72 Å². The first kappa shape index (κ1) is 14.3. The van der Waals surface area contributed by atoms with Crippen LogP contribution in [0.5, 0.6) is 5.75 Å². The van der Waals surface area contributed by atoms with Crippen LogP contribution in [0, 0.1) is 11.3 Å². The second-order valence-corrected chi connectivity index (χ2v) is 5.32. The summed E-state index contributed by atoms with van der Waals surface area (Å²) in [6.45, 7) is 3.40. The van der Waals surface area contributed by atoms with Crippen LogP contribution in [0.2, 0.25) is 0 Å². The van der Waals surface area contributed by atoms with Gasteiger partial charge in [0, 0.05) is 6.04 Å². The Labute approximate surface area is 107 Å². The Balaban J connectivity index is 3.15. The lowest BCUT2D eigenvalue weighted by Gasteiger charge is -2.15. The van der Waals surface area contributed by atoms with E-state index in [0.717, 1.165) is 0 Å². The minimum absolute atomic E-state index is 0.135. The Morgan fingerprint density at radius 1 is 1.39 bits per heavy atom. The summed E-state index contributed by atoms with van der Waals surface area (Å²) < 4.78 is 33.2. The molecular weight excluding hydrogens is 254 g/mol. The molecule has 18 heavy (non-hydrogen) atoms. The normalized spacial score (nSPS) is 11.1. The van der Waals surface area contributed by atoms with E-state index in [2.05, 4.69) is 9.44 Å². The number of hydrogen-bond acceptors (Lipinski definition) is 4. The minimum atomic E-state index is -3.73. The standard InChI is InChI=1S/C11H15N3O3S/c1-8(2)13-18(15,16)14-11-9(7-12)5-4-6-10(11)17-3/h4-6,8,13-14H,1-3H3. The second-order valence-electron chi connectivity index (χ2n) is 3.87. The third kappa shape index (κ3) is 3.61. The van der Waals surface area contributed by atoms with Gasteiger partial charge in [0.25, 0.3) is 10.2 Å². The smallest absolute Gasteiger partial charge is 0.299 e. The molecule has 0 aliphatic carbocycles. The van der Waals surface area contributed by atoms with Crippen LogP contribution < -0.4 is 14.2 Å². The maximum atomic E-state index is 11.8. The molecule has 2 N–H and O–H groups in total. The Morgan fingerprint density at radius 3 is 2.56 bits per heavy atom. The number of hydrogen-bond donors (Lipinski definition) is 2. The first-order valence-corrected chi connectivity index (χ1v) is 6.75. The highest BCUT2D eigenvalue weighted by atomic mass is 32.2. The molecule has 0 aliphatic heterocycles. The summed E-state index contributed by atoms with van der Waals surface area (Å²) in [6, 6.07) is 6.37. The van der Waals surface area contributed by atoms with Crippen LogP contribution in [0.15, 0.2) is 18.2 Å². The van der Waals surface area contributed by atoms with Gasteiger partial charge in [-0.1, -0.05) is 6.07 Å². The fraction of sp³-hybridized carbons (Fsp3) is 0.364. The first-order valence-electron chi connectivity index (χ1n) is 5.26. The van der Waals surface area contributed by atoms with Gasteiger partial charge in [-0.25, -0.2) is 0 Å². The van der Waals surface area contributed by atoms with E-state index in [1.54, 1.807) is 26.0 Å². The molecule has 0 fully saturated rings. The van der Waals surface area contributed by atoms with Gasteiger partial charge < -0.3 is 4.74 Å². The molecule has 0 spiro atoms. The number of ether oxygens (including phenoxy) is 1. The van der Waals surface area contributed by atoms with Crippen molar-refractivity contribution in [2.24, 2.45) is 0 Å². The van der Waals surface area contributed by atoms with Crippen molar-refractivity contribution in [3.63, 3.8) is 0 Å². The van der Waals surface area contributed by atoms with Crippen LogP contribution in [0.1, 0.15) is 19.4 Å². The van der Waals surface area contributed by atoms with Gasteiger partial charge in [-0.15, -0.1) is 0 Å². The molecule has 0 heterocycles. The molecule has 0 amide bonds. The zero-order valence-corrected chi connectivity index (χ0v) is 11.2. The number of nitrogens with one attached hydrogen (secondary N) is 2. The molecule has 0 bridgehead atoms. The third-order valence-electron chi connectivity index (χ3n) is 1.99. The van der Waals surface area contributed by atoms with Crippen molar-refractivity contribution >= 4 is 15.9 Å². The maximum Gasteiger partial charge on any atom is 0.299 e. The molecule has 7 heteroatoms. The van der Waals surface area contributed by atoms with Crippen LogP contribution in [-0.4, -0.2) is 21.6 Å². The SMILES string of the molecule is COc1cccc(C#N)c1NS(=O)(=O)NC(C)C. The van der Waals surface area contributed by atoms with Crippen LogP contribution in [-0.2, 0) is 10.2 Å². The summed E-state index contributed by atoms with van der Waals surface area (Å²) in [7, 11) is -2.32. The van der Waals surface area contributed by atoms with Gasteiger partial charge in [0.05, 0.1) is 12.7 Å². The van der Waals surface area contributed by atoms with E-state index in [1.165, 1.54) is 13.2 Å². The molecule has 0 aliphatic rings. The van der Waals surface area contributed by atoms with Gasteiger partial charge >= 0.3 is 0 Å². The van der Waals surface area contributed by atoms with Crippen LogP contribution >= 0.6 is 0 Å². The summed E-state index contributed by atoms with van der Waals surface area (Å²) in [5.74, 6) is 0.295. The number of rotatable bonds is 5. The monoisotopic (exact) mass is 269 g/mol. The van der Waals surface area contributed by atoms with E-state index in [0.29, 0.717) is 5.75 Å². The summed E-state index contributed by atoms with van der Waals surface area (Å²) >= 11 is 0. The quantitative estimate of drug-likeness (QED) is 0.840. The predicted octanol–water partition coefficient (Wildman–Crippen LogP) is 1.22. The summed E-state index contributed by atoms with van der Waals surface area (Å²) in [5, 5.41) is 8.96. The molecule has 1 rings (SSSR count). The molecule has 1 aromatic rings. The van der Waals surface area contributed by atoms with E-state index >= 15 is 0 Å². The lowest BCUT2D eigenvalue weighted by atomic mass is 10.2. The summed E-state index contributed by atoms with van der Waals surface area (Å²) in [6.07, 6.45) is 0. The fourth-order valence-corrected chi connectivity index (χ4v) is 2.53. The van der Waals surface area contributed by atoms with Crippen molar-refractivity contribution in [3.8, 4) is 11.8 Å². The zero-order chi connectivity index (χ0) is 13.8. The Kier molecular flexibility index (Phi) is 4.53. The number of nitrogens with zero attached hydrogens (tertiary/aromatic N) is 1. The van der Waals surface area contributed by atoms with E-state index in [-0.39, 0.29) is 17.3 Å². The highest BCUT2D eigenvalue weighted by Crippen LogP contribution is 2.28. The largest absolute Gasteiger partial charge is 0.495 e. The van der Waals surface area contributed by atoms with Crippen molar-refractivity contribution in [1.82, 2.24) is 4.72 Å². The van der Waals surface area contributed by atoms with Crippen molar-refractivity contribution in [1.29, 1.82) is 5.26 Å². The Hall–Kier alpha value is -1.78. The number of anilines is 1. The lowest BCUT2D eigenvalue weighted by Crippen LogP contribution is -2.35. The fourth-order valence-electron chi connectivity index (χ4n) is 1.37. The maximum absolute atomic E-state index is 11.8. The summed E-state index contributed by atoms with van der Waals surface area (Å²) in [5.41, 5.74) is 0.333. The van der Waals surface area contributed by atoms with Crippen molar-refractivity contribution in [3.05, 3.63) is 23.8 Å². The number of methoxy groups -OCH3 is 1. The van der Waals surface area contributed by atoms with Crippen molar-refractivity contribution < 1.29 is 13.2 Å². The molecule has 6 nitrogen and oxygen atoms in total. The van der Waals surface area contributed by atoms with Crippen molar-refractivity contribution in [2.75, 3.05) is 11.8 Å². The molecule has 0 saturated heterocycles. The highest BCUT2D eigenvalue weighted by molar-refractivity contribution is 7.90. The lowest BCUT2D eigenvalue weighted by molar-refractivity contribution is 0.416. The highest BCUT2D eigenvalue weighted by Gasteiger charge is 2.17. The van der Waals surface area contributed by atoms with Crippen LogP contribution in [0.25, 0.3) is 0 Å².